The van der Waals surface area contributed by atoms with Crippen LogP contribution in [0.15, 0.2) is 76.6 Å². The monoisotopic (exact) mass is 494 g/mol. The summed E-state index contributed by atoms with van der Waals surface area (Å²) in [4.78, 5) is 16.9. The van der Waals surface area contributed by atoms with Gasteiger partial charge in [0.1, 0.15) is 5.75 Å². The molecule has 0 aliphatic rings. The molecule has 0 bridgehead atoms. The molecule has 2 heterocycles. The van der Waals surface area contributed by atoms with Crippen LogP contribution in [0.5, 0.6) is 5.75 Å². The Balaban J connectivity index is 1.66. The van der Waals surface area contributed by atoms with E-state index in [1.165, 1.54) is 11.8 Å². The van der Waals surface area contributed by atoms with Crippen molar-refractivity contribution in [1.82, 2.24) is 19.7 Å². The fourth-order valence-corrected chi connectivity index (χ4v) is 4.52. The highest BCUT2D eigenvalue weighted by atomic mass is 79.9. The molecule has 0 spiro atoms. The molecule has 156 valence electrons. The van der Waals surface area contributed by atoms with Gasteiger partial charge in [-0.2, -0.15) is 0 Å². The van der Waals surface area contributed by atoms with E-state index in [0.717, 1.165) is 21.3 Å². The maximum Gasteiger partial charge on any atom is 0.196 e. The zero-order chi connectivity index (χ0) is 21.8. The summed E-state index contributed by atoms with van der Waals surface area (Å²) >= 11 is 4.80. The number of hydrogen-bond donors (Lipinski definition) is 0. The minimum absolute atomic E-state index is 0.00172. The first-order valence-corrected chi connectivity index (χ1v) is 11.3. The first kappa shape index (κ1) is 21.3. The molecule has 0 saturated heterocycles. The van der Waals surface area contributed by atoms with E-state index in [9.17, 15) is 4.79 Å². The van der Waals surface area contributed by atoms with E-state index in [1.807, 2.05) is 47.9 Å². The average molecular weight is 495 g/mol. The van der Waals surface area contributed by atoms with Gasteiger partial charge in [-0.3, -0.25) is 14.3 Å². The van der Waals surface area contributed by atoms with Crippen molar-refractivity contribution in [2.75, 3.05) is 12.9 Å². The number of ether oxygens (including phenoxy) is 1. The summed E-state index contributed by atoms with van der Waals surface area (Å²) in [5.74, 6) is 1.63. The molecule has 0 amide bonds. The first-order valence-electron chi connectivity index (χ1n) is 9.50. The summed E-state index contributed by atoms with van der Waals surface area (Å²) < 4.78 is 7.98. The van der Waals surface area contributed by atoms with Gasteiger partial charge in [-0.05, 0) is 64.8 Å². The quantitative estimate of drug-likeness (QED) is 0.253. The molecule has 0 atom stereocenters. The van der Waals surface area contributed by atoms with Crippen molar-refractivity contribution in [3.8, 4) is 22.8 Å². The fraction of sp³-hybridized carbons (Fsp3) is 0.130. The summed E-state index contributed by atoms with van der Waals surface area (Å²) in [5.41, 5.74) is 3.57. The highest BCUT2D eigenvalue weighted by molar-refractivity contribution is 9.10. The third-order valence-electron chi connectivity index (χ3n) is 4.73. The van der Waals surface area contributed by atoms with Crippen molar-refractivity contribution in [3.05, 3.63) is 82.6 Å². The number of Topliss-reactive ketones (excluding diaryl/α,β-unsaturated/α-hetero) is 1. The lowest BCUT2D eigenvalue weighted by molar-refractivity contribution is 0.102. The number of pyridine rings is 1. The highest BCUT2D eigenvalue weighted by Crippen LogP contribution is 2.30. The van der Waals surface area contributed by atoms with Crippen molar-refractivity contribution in [2.24, 2.45) is 0 Å². The molecule has 2 aromatic carbocycles. The second-order valence-electron chi connectivity index (χ2n) is 6.73. The van der Waals surface area contributed by atoms with Gasteiger partial charge in [-0.25, -0.2) is 0 Å². The molecule has 0 radical (unpaired) electrons. The van der Waals surface area contributed by atoms with Crippen molar-refractivity contribution >= 4 is 33.5 Å². The first-order chi connectivity index (χ1) is 15.1. The van der Waals surface area contributed by atoms with Gasteiger partial charge in [-0.15, -0.1) is 10.2 Å². The molecule has 0 N–H and O–H groups in total. The Hall–Kier alpha value is -2.97. The van der Waals surface area contributed by atoms with Gasteiger partial charge in [0.2, 0.25) is 0 Å². The normalized spacial score (nSPS) is 10.8. The minimum atomic E-state index is -0.00172. The van der Waals surface area contributed by atoms with Crippen LogP contribution in [0.3, 0.4) is 0 Å². The van der Waals surface area contributed by atoms with Crippen LogP contribution in [0.2, 0.25) is 0 Å². The van der Waals surface area contributed by atoms with Crippen molar-refractivity contribution in [1.29, 1.82) is 0 Å². The number of ketones is 1. The van der Waals surface area contributed by atoms with Crippen molar-refractivity contribution in [2.45, 2.75) is 12.1 Å². The third kappa shape index (κ3) is 4.55. The number of methoxy groups -OCH3 is 1. The van der Waals surface area contributed by atoms with E-state index in [0.29, 0.717) is 22.3 Å². The van der Waals surface area contributed by atoms with Crippen LogP contribution in [0.1, 0.15) is 15.9 Å². The van der Waals surface area contributed by atoms with Gasteiger partial charge in [0.25, 0.3) is 0 Å². The minimum Gasteiger partial charge on any atom is -0.496 e. The zero-order valence-electron chi connectivity index (χ0n) is 16.9. The van der Waals surface area contributed by atoms with E-state index in [2.05, 4.69) is 31.1 Å². The number of aromatic nitrogens is 4. The van der Waals surface area contributed by atoms with Gasteiger partial charge in [0, 0.05) is 23.5 Å². The Morgan fingerprint density at radius 2 is 1.87 bits per heavy atom. The van der Waals surface area contributed by atoms with Crippen LogP contribution < -0.4 is 4.74 Å². The van der Waals surface area contributed by atoms with Crippen molar-refractivity contribution in [3.63, 3.8) is 0 Å². The SMILES string of the molecule is COc1ccc(C(=O)CSc2nnc(-c3ccncc3)n2-c2ccccc2C)cc1Br. The Morgan fingerprint density at radius 1 is 1.10 bits per heavy atom. The third-order valence-corrected chi connectivity index (χ3v) is 6.28. The summed E-state index contributed by atoms with van der Waals surface area (Å²) in [6.07, 6.45) is 3.45. The molecule has 4 rings (SSSR count). The van der Waals surface area contributed by atoms with E-state index >= 15 is 0 Å². The Kier molecular flexibility index (Phi) is 6.48. The molecule has 0 unspecified atom stereocenters. The lowest BCUT2D eigenvalue weighted by atomic mass is 10.1. The van der Waals surface area contributed by atoms with Crippen molar-refractivity contribution < 1.29 is 9.53 Å². The summed E-state index contributed by atoms with van der Waals surface area (Å²) in [5, 5.41) is 9.47. The maximum atomic E-state index is 12.8. The van der Waals surface area contributed by atoms with Crippen LogP contribution in [0.25, 0.3) is 17.1 Å². The van der Waals surface area contributed by atoms with E-state index in [4.69, 9.17) is 4.74 Å². The zero-order valence-corrected chi connectivity index (χ0v) is 19.4. The summed E-state index contributed by atoms with van der Waals surface area (Å²) in [6, 6.07) is 17.1. The summed E-state index contributed by atoms with van der Waals surface area (Å²) in [6.45, 7) is 2.04. The van der Waals surface area contributed by atoms with Crippen LogP contribution in [0, 0.1) is 6.92 Å². The molecule has 0 saturated carbocycles. The Labute approximate surface area is 192 Å². The number of thioether (sulfide) groups is 1. The molecule has 2 aromatic heterocycles. The number of halogens is 1. The number of carbonyl (C=O) groups excluding carboxylic acids is 1. The smallest absolute Gasteiger partial charge is 0.196 e. The van der Waals surface area contributed by atoms with Crippen LogP contribution in [0.4, 0.5) is 0 Å². The number of para-hydroxylation sites is 1. The van der Waals surface area contributed by atoms with E-state index < -0.39 is 0 Å². The molecule has 6 nitrogen and oxygen atoms in total. The lowest BCUT2D eigenvalue weighted by Crippen LogP contribution is -2.06. The van der Waals surface area contributed by atoms with Crippen LogP contribution in [-0.4, -0.2) is 38.4 Å². The number of hydrogen-bond acceptors (Lipinski definition) is 6. The lowest BCUT2D eigenvalue weighted by Gasteiger charge is -2.12. The highest BCUT2D eigenvalue weighted by Gasteiger charge is 2.19. The van der Waals surface area contributed by atoms with Gasteiger partial charge in [0.05, 0.1) is 23.0 Å². The second kappa shape index (κ2) is 9.45. The number of nitrogens with zero attached hydrogens (tertiary/aromatic N) is 4. The van der Waals surface area contributed by atoms with Gasteiger partial charge in [-0.1, -0.05) is 30.0 Å². The topological polar surface area (TPSA) is 69.9 Å². The number of rotatable bonds is 7. The Morgan fingerprint density at radius 3 is 2.58 bits per heavy atom. The van der Waals surface area contributed by atoms with E-state index in [-0.39, 0.29) is 11.5 Å². The molecular weight excluding hydrogens is 476 g/mol. The van der Waals surface area contributed by atoms with Gasteiger partial charge < -0.3 is 4.74 Å². The molecule has 0 aliphatic carbocycles. The van der Waals surface area contributed by atoms with Gasteiger partial charge in [0.15, 0.2) is 16.8 Å². The molecule has 0 fully saturated rings. The molecule has 31 heavy (non-hydrogen) atoms. The number of carbonyl (C=O) groups is 1. The molecule has 4 aromatic rings. The predicted molar refractivity (Wildman–Crippen MR) is 125 cm³/mol. The summed E-state index contributed by atoms with van der Waals surface area (Å²) in [7, 11) is 1.59. The fourth-order valence-electron chi connectivity index (χ4n) is 3.14. The average Bonchev–Trinajstić information content (AvgIpc) is 3.22. The standard InChI is InChI=1S/C23H19BrN4O2S/c1-15-5-3-4-6-19(15)28-22(16-9-11-25-12-10-16)26-27-23(28)31-14-20(29)17-7-8-21(30-2)18(24)13-17/h3-13H,14H2,1-2H3. The largest absolute Gasteiger partial charge is 0.496 e. The van der Waals surface area contributed by atoms with Gasteiger partial charge >= 0.3 is 0 Å². The van der Waals surface area contributed by atoms with Crippen LogP contribution in [-0.2, 0) is 0 Å². The molecule has 8 heteroatoms. The van der Waals surface area contributed by atoms with Crippen LogP contribution >= 0.6 is 27.7 Å². The second-order valence-corrected chi connectivity index (χ2v) is 8.52. The van der Waals surface area contributed by atoms with E-state index in [1.54, 1.807) is 37.7 Å². The maximum absolute atomic E-state index is 12.8. The molecular formula is C23H19BrN4O2S. The Bertz CT molecular complexity index is 1230. The predicted octanol–water partition coefficient (Wildman–Crippen LogP) is 5.38. The number of benzene rings is 2. The number of aryl methyl sites for hydroxylation is 1. The molecule has 0 aliphatic heterocycles.